The van der Waals surface area contributed by atoms with Gasteiger partial charge in [0.05, 0.1) is 6.54 Å². The average Bonchev–Trinajstić information content (AvgIpc) is 3.45. The average molecular weight is 377 g/mol. The van der Waals surface area contributed by atoms with Gasteiger partial charge in [-0.1, -0.05) is 13.3 Å². The fraction of sp³-hybridized carbons (Fsp3) is 0.955. The number of rotatable bonds is 8. The molecule has 4 aliphatic rings. The highest BCUT2D eigenvalue weighted by Crippen LogP contribution is 2.31. The molecule has 0 spiro atoms. The van der Waals surface area contributed by atoms with Crippen LogP contribution in [-0.4, -0.2) is 96.5 Å². The molecule has 0 atom stereocenters. The van der Waals surface area contributed by atoms with Gasteiger partial charge in [0.2, 0.25) is 5.91 Å². The van der Waals surface area contributed by atoms with Gasteiger partial charge in [0.1, 0.15) is 0 Å². The summed E-state index contributed by atoms with van der Waals surface area (Å²) < 4.78 is 0. The first-order chi connectivity index (χ1) is 13.2. The van der Waals surface area contributed by atoms with Gasteiger partial charge in [0.15, 0.2) is 0 Å². The molecular weight excluding hydrogens is 336 g/mol. The molecule has 2 heterocycles. The van der Waals surface area contributed by atoms with Crippen molar-refractivity contribution in [2.24, 2.45) is 5.92 Å². The van der Waals surface area contributed by atoms with Gasteiger partial charge >= 0.3 is 0 Å². The summed E-state index contributed by atoms with van der Waals surface area (Å²) in [6.07, 6.45) is 10.8. The lowest BCUT2D eigenvalue weighted by Crippen LogP contribution is -2.55. The van der Waals surface area contributed by atoms with Crippen molar-refractivity contribution in [2.75, 3.05) is 58.9 Å². The first kappa shape index (κ1) is 19.7. The van der Waals surface area contributed by atoms with Crippen molar-refractivity contribution in [3.8, 4) is 0 Å². The van der Waals surface area contributed by atoms with E-state index in [0.29, 0.717) is 12.5 Å². The van der Waals surface area contributed by atoms with Gasteiger partial charge in [-0.25, -0.2) is 0 Å². The van der Waals surface area contributed by atoms with Crippen molar-refractivity contribution in [3.05, 3.63) is 0 Å². The molecule has 0 aromatic heterocycles. The number of carbonyl (C=O) groups is 1. The third kappa shape index (κ3) is 5.24. The number of piperazine rings is 1. The summed E-state index contributed by atoms with van der Waals surface area (Å²) in [4.78, 5) is 22.7. The van der Waals surface area contributed by atoms with E-state index in [1.54, 1.807) is 0 Å². The standard InChI is InChI=1S/C22H40N4O/c1-2-10-26(17-19-6-7-19)21-8-11-23(12-9-21)18-22(27)25-15-13-24(14-16-25)20-4-3-5-20/h19-21H,2-18H2,1H3. The second kappa shape index (κ2) is 9.23. The van der Waals surface area contributed by atoms with Crippen molar-refractivity contribution in [1.29, 1.82) is 0 Å². The number of hydrogen-bond acceptors (Lipinski definition) is 4. The maximum Gasteiger partial charge on any atom is 0.236 e. The maximum atomic E-state index is 12.8. The SMILES string of the molecule is CCCN(CC1CC1)C1CCN(CC(=O)N2CCN(C3CCC3)CC2)CC1. The molecule has 0 aromatic carbocycles. The number of hydrogen-bond donors (Lipinski definition) is 0. The Bertz CT molecular complexity index is 475. The van der Waals surface area contributed by atoms with Crippen molar-refractivity contribution >= 4 is 5.91 Å². The highest BCUT2D eigenvalue weighted by molar-refractivity contribution is 5.78. The minimum atomic E-state index is 0.366. The minimum absolute atomic E-state index is 0.366. The van der Waals surface area contributed by atoms with Crippen LogP contribution in [0.2, 0.25) is 0 Å². The number of carbonyl (C=O) groups excluding carboxylic acids is 1. The molecule has 4 rings (SSSR count). The van der Waals surface area contributed by atoms with Crippen LogP contribution >= 0.6 is 0 Å². The van der Waals surface area contributed by atoms with Gasteiger partial charge in [-0.15, -0.1) is 0 Å². The largest absolute Gasteiger partial charge is 0.339 e. The molecule has 0 aromatic rings. The number of nitrogens with zero attached hydrogens (tertiary/aromatic N) is 4. The van der Waals surface area contributed by atoms with Crippen LogP contribution in [-0.2, 0) is 4.79 Å². The molecule has 27 heavy (non-hydrogen) atoms. The third-order valence-corrected chi connectivity index (χ3v) is 7.39. The summed E-state index contributed by atoms with van der Waals surface area (Å²) in [5.41, 5.74) is 0. The van der Waals surface area contributed by atoms with Gasteiger partial charge in [-0.3, -0.25) is 14.6 Å². The molecule has 0 unspecified atom stereocenters. The summed E-state index contributed by atoms with van der Waals surface area (Å²) in [6.45, 7) is 11.8. The summed E-state index contributed by atoms with van der Waals surface area (Å²) >= 11 is 0. The Balaban J connectivity index is 1.17. The van der Waals surface area contributed by atoms with E-state index >= 15 is 0 Å². The van der Waals surface area contributed by atoms with Crippen LogP contribution in [0, 0.1) is 5.92 Å². The molecule has 0 radical (unpaired) electrons. The molecule has 2 aliphatic carbocycles. The lowest BCUT2D eigenvalue weighted by atomic mass is 9.91. The number of likely N-dealkylation sites (tertiary alicyclic amines) is 1. The molecular formula is C22H40N4O. The predicted octanol–water partition coefficient (Wildman–Crippen LogP) is 2.27. The predicted molar refractivity (Wildman–Crippen MR) is 110 cm³/mol. The Kier molecular flexibility index (Phi) is 6.72. The van der Waals surface area contributed by atoms with Crippen LogP contribution in [0.1, 0.15) is 58.3 Å². The molecule has 4 fully saturated rings. The van der Waals surface area contributed by atoms with E-state index < -0.39 is 0 Å². The Morgan fingerprint density at radius 3 is 2.19 bits per heavy atom. The normalized spacial score (nSPS) is 26.5. The van der Waals surface area contributed by atoms with Gasteiger partial charge in [0.25, 0.3) is 0 Å². The summed E-state index contributed by atoms with van der Waals surface area (Å²) in [5.74, 6) is 1.35. The highest BCUT2D eigenvalue weighted by atomic mass is 16.2. The van der Waals surface area contributed by atoms with Crippen molar-refractivity contribution < 1.29 is 4.79 Å². The van der Waals surface area contributed by atoms with Gasteiger partial charge in [-0.05, 0) is 57.4 Å². The van der Waals surface area contributed by atoms with Gasteiger partial charge in [-0.2, -0.15) is 0 Å². The second-order valence-corrected chi connectivity index (χ2v) is 9.45. The quantitative estimate of drug-likeness (QED) is 0.650. The van der Waals surface area contributed by atoms with Crippen LogP contribution < -0.4 is 0 Å². The first-order valence-electron chi connectivity index (χ1n) is 11.7. The Labute approximate surface area is 166 Å². The molecule has 154 valence electrons. The molecule has 5 heteroatoms. The van der Waals surface area contributed by atoms with E-state index in [4.69, 9.17) is 0 Å². The lowest BCUT2D eigenvalue weighted by molar-refractivity contribution is -0.135. The topological polar surface area (TPSA) is 30.0 Å². The first-order valence-corrected chi connectivity index (χ1v) is 11.7. The summed E-state index contributed by atoms with van der Waals surface area (Å²) in [5, 5.41) is 0. The van der Waals surface area contributed by atoms with E-state index in [-0.39, 0.29) is 0 Å². The van der Waals surface area contributed by atoms with Gasteiger partial charge in [0, 0.05) is 57.9 Å². The highest BCUT2D eigenvalue weighted by Gasteiger charge is 2.32. The zero-order chi connectivity index (χ0) is 18.6. The van der Waals surface area contributed by atoms with Crippen LogP contribution in [0.3, 0.4) is 0 Å². The zero-order valence-electron chi connectivity index (χ0n) is 17.4. The van der Waals surface area contributed by atoms with E-state index in [9.17, 15) is 4.79 Å². The van der Waals surface area contributed by atoms with Gasteiger partial charge < -0.3 is 9.80 Å². The van der Waals surface area contributed by atoms with Crippen molar-refractivity contribution in [1.82, 2.24) is 19.6 Å². The van der Waals surface area contributed by atoms with E-state index in [1.165, 1.54) is 64.5 Å². The lowest BCUT2D eigenvalue weighted by Gasteiger charge is -2.43. The molecule has 2 aliphatic heterocycles. The summed E-state index contributed by atoms with van der Waals surface area (Å²) in [7, 11) is 0. The van der Waals surface area contributed by atoms with Crippen molar-refractivity contribution in [3.63, 3.8) is 0 Å². The summed E-state index contributed by atoms with van der Waals surface area (Å²) in [6, 6.07) is 1.57. The fourth-order valence-corrected chi connectivity index (χ4v) is 5.16. The molecule has 2 saturated carbocycles. The Morgan fingerprint density at radius 1 is 0.926 bits per heavy atom. The Hall–Kier alpha value is -0.650. The molecule has 5 nitrogen and oxygen atoms in total. The fourth-order valence-electron chi connectivity index (χ4n) is 5.16. The second-order valence-electron chi connectivity index (χ2n) is 9.45. The van der Waals surface area contributed by atoms with E-state index in [1.807, 2.05) is 0 Å². The van der Waals surface area contributed by atoms with E-state index in [2.05, 4.69) is 26.5 Å². The monoisotopic (exact) mass is 376 g/mol. The molecule has 0 N–H and O–H groups in total. The molecule has 0 bridgehead atoms. The minimum Gasteiger partial charge on any atom is -0.339 e. The van der Waals surface area contributed by atoms with Crippen molar-refractivity contribution in [2.45, 2.75) is 70.4 Å². The number of piperidine rings is 1. The smallest absolute Gasteiger partial charge is 0.236 e. The number of amides is 1. The molecule has 1 amide bonds. The maximum absolute atomic E-state index is 12.8. The van der Waals surface area contributed by atoms with Crippen LogP contribution in [0.25, 0.3) is 0 Å². The van der Waals surface area contributed by atoms with E-state index in [0.717, 1.165) is 57.3 Å². The Morgan fingerprint density at radius 2 is 1.63 bits per heavy atom. The van der Waals surface area contributed by atoms with Crippen LogP contribution in [0.5, 0.6) is 0 Å². The van der Waals surface area contributed by atoms with Crippen LogP contribution in [0.4, 0.5) is 0 Å². The zero-order valence-corrected chi connectivity index (χ0v) is 17.4. The molecule has 2 saturated heterocycles. The van der Waals surface area contributed by atoms with Crippen LogP contribution in [0.15, 0.2) is 0 Å². The third-order valence-electron chi connectivity index (χ3n) is 7.39.